The lowest BCUT2D eigenvalue weighted by Crippen LogP contribution is -2.26. The summed E-state index contributed by atoms with van der Waals surface area (Å²) in [6.45, 7) is 5.32. The smallest absolute Gasteiger partial charge is 0.0338 e. The van der Waals surface area contributed by atoms with Gasteiger partial charge in [-0.15, -0.1) is 0 Å². The Morgan fingerprint density at radius 2 is 2.25 bits per heavy atom. The third-order valence-electron chi connectivity index (χ3n) is 3.54. The lowest BCUT2D eigenvalue weighted by atomic mass is 9.79. The van der Waals surface area contributed by atoms with Crippen LogP contribution in [0.5, 0.6) is 0 Å². The van der Waals surface area contributed by atoms with E-state index >= 15 is 0 Å². The van der Waals surface area contributed by atoms with E-state index in [4.69, 9.17) is 0 Å². The van der Waals surface area contributed by atoms with E-state index in [-0.39, 0.29) is 0 Å². The van der Waals surface area contributed by atoms with Gasteiger partial charge in [0.25, 0.3) is 0 Å². The fourth-order valence-electron chi connectivity index (χ4n) is 2.41. The van der Waals surface area contributed by atoms with Crippen molar-refractivity contribution in [2.75, 3.05) is 6.54 Å². The van der Waals surface area contributed by atoms with Gasteiger partial charge in [-0.25, -0.2) is 0 Å². The van der Waals surface area contributed by atoms with Crippen molar-refractivity contribution in [1.29, 1.82) is 0 Å². The predicted octanol–water partition coefficient (Wildman–Crippen LogP) is 3.23. The maximum absolute atomic E-state index is 4.30. The summed E-state index contributed by atoms with van der Waals surface area (Å²) >= 11 is 0. The third kappa shape index (κ3) is 2.82. The number of aryl methyl sites for hydroxylation is 1. The SMILES string of the molecule is CCNC(CC1CCC1)c1cncc(C)c1. The summed E-state index contributed by atoms with van der Waals surface area (Å²) in [5, 5.41) is 3.59. The zero-order valence-electron chi connectivity index (χ0n) is 10.4. The third-order valence-corrected chi connectivity index (χ3v) is 3.54. The average Bonchev–Trinajstić information content (AvgIpc) is 2.21. The van der Waals surface area contributed by atoms with Gasteiger partial charge in [0.05, 0.1) is 0 Å². The highest BCUT2D eigenvalue weighted by molar-refractivity contribution is 5.20. The first kappa shape index (κ1) is 11.6. The van der Waals surface area contributed by atoms with Gasteiger partial charge in [-0.1, -0.05) is 32.3 Å². The van der Waals surface area contributed by atoms with E-state index in [1.807, 2.05) is 12.4 Å². The van der Waals surface area contributed by atoms with Crippen LogP contribution in [0.25, 0.3) is 0 Å². The summed E-state index contributed by atoms with van der Waals surface area (Å²) in [7, 11) is 0. The van der Waals surface area contributed by atoms with E-state index in [0.717, 1.165) is 12.5 Å². The molecule has 1 fully saturated rings. The van der Waals surface area contributed by atoms with Crippen LogP contribution in [0, 0.1) is 12.8 Å². The molecule has 0 spiro atoms. The molecule has 0 aromatic carbocycles. The van der Waals surface area contributed by atoms with Crippen LogP contribution in [0.2, 0.25) is 0 Å². The van der Waals surface area contributed by atoms with E-state index in [2.05, 4.69) is 30.2 Å². The minimum absolute atomic E-state index is 0.502. The van der Waals surface area contributed by atoms with Crippen molar-refractivity contribution in [2.24, 2.45) is 5.92 Å². The molecule has 1 aromatic heterocycles. The Hall–Kier alpha value is -0.890. The van der Waals surface area contributed by atoms with Crippen LogP contribution in [0.3, 0.4) is 0 Å². The van der Waals surface area contributed by atoms with Crippen molar-refractivity contribution >= 4 is 0 Å². The molecule has 1 saturated carbocycles. The molecule has 0 amide bonds. The van der Waals surface area contributed by atoms with Gasteiger partial charge in [0.2, 0.25) is 0 Å². The largest absolute Gasteiger partial charge is 0.310 e. The number of nitrogens with one attached hydrogen (secondary N) is 1. The van der Waals surface area contributed by atoms with E-state index < -0.39 is 0 Å². The quantitative estimate of drug-likeness (QED) is 0.820. The van der Waals surface area contributed by atoms with E-state index in [9.17, 15) is 0 Å². The molecule has 2 heteroatoms. The Morgan fingerprint density at radius 1 is 1.44 bits per heavy atom. The number of nitrogens with zero attached hydrogens (tertiary/aromatic N) is 1. The molecule has 0 saturated heterocycles. The molecule has 0 aliphatic heterocycles. The van der Waals surface area contributed by atoms with Crippen molar-refractivity contribution in [1.82, 2.24) is 10.3 Å². The molecule has 1 aromatic rings. The zero-order chi connectivity index (χ0) is 11.4. The monoisotopic (exact) mass is 218 g/mol. The summed E-state index contributed by atoms with van der Waals surface area (Å²) < 4.78 is 0. The van der Waals surface area contributed by atoms with E-state index in [1.54, 1.807) is 0 Å². The van der Waals surface area contributed by atoms with Gasteiger partial charge in [0.1, 0.15) is 0 Å². The molecular formula is C14H22N2. The Balaban J connectivity index is 2.04. The van der Waals surface area contributed by atoms with Crippen LogP contribution >= 0.6 is 0 Å². The highest BCUT2D eigenvalue weighted by atomic mass is 14.9. The van der Waals surface area contributed by atoms with Gasteiger partial charge in [0, 0.05) is 18.4 Å². The van der Waals surface area contributed by atoms with Gasteiger partial charge in [-0.2, -0.15) is 0 Å². The molecule has 0 radical (unpaired) electrons. The fourth-order valence-corrected chi connectivity index (χ4v) is 2.41. The molecule has 1 heterocycles. The molecule has 0 bridgehead atoms. The first-order valence-electron chi connectivity index (χ1n) is 6.44. The molecule has 1 aliphatic carbocycles. The van der Waals surface area contributed by atoms with Crippen molar-refractivity contribution in [3.8, 4) is 0 Å². The number of aromatic nitrogens is 1. The standard InChI is InChI=1S/C14H22N2/c1-3-16-14(8-12-5-4-6-12)13-7-11(2)9-15-10-13/h7,9-10,12,14,16H,3-6,8H2,1-2H3. The van der Waals surface area contributed by atoms with Crippen LogP contribution in [0.1, 0.15) is 49.8 Å². The number of rotatable bonds is 5. The fraction of sp³-hybridized carbons (Fsp3) is 0.643. The highest BCUT2D eigenvalue weighted by Crippen LogP contribution is 2.34. The molecular weight excluding hydrogens is 196 g/mol. The van der Waals surface area contributed by atoms with Crippen LogP contribution in [-0.4, -0.2) is 11.5 Å². The minimum Gasteiger partial charge on any atom is -0.310 e. The Bertz CT molecular complexity index is 331. The normalized spacial score (nSPS) is 18.1. The molecule has 16 heavy (non-hydrogen) atoms. The molecule has 1 unspecified atom stereocenters. The minimum atomic E-state index is 0.502. The first-order chi connectivity index (χ1) is 7.79. The van der Waals surface area contributed by atoms with E-state index in [0.29, 0.717) is 6.04 Å². The van der Waals surface area contributed by atoms with Crippen molar-refractivity contribution in [2.45, 2.75) is 45.6 Å². The summed E-state index contributed by atoms with van der Waals surface area (Å²) in [4.78, 5) is 4.30. The average molecular weight is 218 g/mol. The molecule has 2 rings (SSSR count). The summed E-state index contributed by atoms with van der Waals surface area (Å²) in [6, 6.07) is 2.77. The second-order valence-electron chi connectivity index (χ2n) is 4.94. The van der Waals surface area contributed by atoms with Gasteiger partial charge < -0.3 is 5.32 Å². The lowest BCUT2D eigenvalue weighted by Gasteiger charge is -2.30. The van der Waals surface area contributed by atoms with Gasteiger partial charge in [0.15, 0.2) is 0 Å². The van der Waals surface area contributed by atoms with Gasteiger partial charge in [-0.05, 0) is 36.9 Å². The highest BCUT2D eigenvalue weighted by Gasteiger charge is 2.22. The molecule has 1 aliphatic rings. The van der Waals surface area contributed by atoms with Crippen LogP contribution < -0.4 is 5.32 Å². The lowest BCUT2D eigenvalue weighted by molar-refractivity contribution is 0.262. The van der Waals surface area contributed by atoms with Crippen LogP contribution in [0.15, 0.2) is 18.5 Å². The van der Waals surface area contributed by atoms with Crippen molar-refractivity contribution < 1.29 is 0 Å². The van der Waals surface area contributed by atoms with Crippen LogP contribution in [0.4, 0.5) is 0 Å². The van der Waals surface area contributed by atoms with Crippen molar-refractivity contribution in [3.05, 3.63) is 29.6 Å². The second-order valence-corrected chi connectivity index (χ2v) is 4.94. The maximum Gasteiger partial charge on any atom is 0.0338 e. The Labute approximate surface area is 98.5 Å². The second kappa shape index (κ2) is 5.44. The number of hydrogen-bond acceptors (Lipinski definition) is 2. The maximum atomic E-state index is 4.30. The van der Waals surface area contributed by atoms with E-state index in [1.165, 1.54) is 36.8 Å². The summed E-state index contributed by atoms with van der Waals surface area (Å²) in [5.74, 6) is 0.935. The topological polar surface area (TPSA) is 24.9 Å². The van der Waals surface area contributed by atoms with Gasteiger partial charge in [-0.3, -0.25) is 4.98 Å². The molecule has 88 valence electrons. The number of hydrogen-bond donors (Lipinski definition) is 1. The zero-order valence-corrected chi connectivity index (χ0v) is 10.4. The Morgan fingerprint density at radius 3 is 2.81 bits per heavy atom. The first-order valence-corrected chi connectivity index (χ1v) is 6.44. The molecule has 1 atom stereocenters. The number of pyridine rings is 1. The summed E-state index contributed by atoms with van der Waals surface area (Å²) in [5.41, 5.74) is 2.61. The molecule has 1 N–H and O–H groups in total. The summed E-state index contributed by atoms with van der Waals surface area (Å²) in [6.07, 6.45) is 9.48. The molecule has 2 nitrogen and oxygen atoms in total. The van der Waals surface area contributed by atoms with Gasteiger partial charge >= 0.3 is 0 Å². The van der Waals surface area contributed by atoms with Crippen LogP contribution in [-0.2, 0) is 0 Å². The Kier molecular flexibility index (Phi) is 3.94. The van der Waals surface area contributed by atoms with Crippen molar-refractivity contribution in [3.63, 3.8) is 0 Å². The predicted molar refractivity (Wildman–Crippen MR) is 67.3 cm³/mol.